The Morgan fingerprint density at radius 3 is 2.17 bits per heavy atom. The van der Waals surface area contributed by atoms with Gasteiger partial charge in [0.2, 0.25) is 21.8 Å². The molecule has 0 unspecified atom stereocenters. The van der Waals surface area contributed by atoms with Crippen LogP contribution in [0.1, 0.15) is 38.3 Å². The zero-order valence-electron chi connectivity index (χ0n) is 24.9. The van der Waals surface area contributed by atoms with E-state index in [1.807, 2.05) is 63.2 Å². The molecule has 3 aromatic carbocycles. The van der Waals surface area contributed by atoms with Crippen LogP contribution in [0, 0.1) is 0 Å². The fourth-order valence-electron chi connectivity index (χ4n) is 4.45. The molecule has 0 bridgehead atoms. The second kappa shape index (κ2) is 15.3. The molecule has 2 amide bonds. The van der Waals surface area contributed by atoms with E-state index < -0.39 is 28.5 Å². The summed E-state index contributed by atoms with van der Waals surface area (Å²) >= 11 is 0. The average Bonchev–Trinajstić information content (AvgIpc) is 2.98. The Kier molecular flexibility index (Phi) is 11.8. The molecule has 0 fully saturated rings. The van der Waals surface area contributed by atoms with Crippen LogP contribution in [0.2, 0.25) is 0 Å². The molecule has 0 heterocycles. The first-order chi connectivity index (χ1) is 20.0. The normalized spacial score (nSPS) is 12.6. The molecule has 0 aliphatic rings. The number of methoxy groups -OCH3 is 1. The molecule has 2 atom stereocenters. The summed E-state index contributed by atoms with van der Waals surface area (Å²) in [6.45, 7) is 5.78. The molecule has 0 saturated carbocycles. The van der Waals surface area contributed by atoms with Crippen LogP contribution in [0.25, 0.3) is 0 Å². The van der Waals surface area contributed by atoms with Crippen LogP contribution in [0.4, 0.5) is 5.69 Å². The highest BCUT2D eigenvalue weighted by Gasteiger charge is 2.33. The molecule has 3 aromatic rings. The Labute approximate surface area is 249 Å². The first-order valence-corrected chi connectivity index (χ1v) is 15.9. The third-order valence-electron chi connectivity index (χ3n) is 6.87. The largest absolute Gasteiger partial charge is 0.497 e. The van der Waals surface area contributed by atoms with Crippen LogP contribution < -0.4 is 19.1 Å². The summed E-state index contributed by atoms with van der Waals surface area (Å²) in [5.74, 6) is 0.370. The van der Waals surface area contributed by atoms with Crippen molar-refractivity contribution < 1.29 is 27.5 Å². The highest BCUT2D eigenvalue weighted by Crippen LogP contribution is 2.24. The van der Waals surface area contributed by atoms with E-state index >= 15 is 0 Å². The van der Waals surface area contributed by atoms with Gasteiger partial charge in [-0.25, -0.2) is 8.42 Å². The van der Waals surface area contributed by atoms with Crippen molar-refractivity contribution in [2.75, 3.05) is 30.8 Å². The predicted octanol–water partition coefficient (Wildman–Crippen LogP) is 4.41. The summed E-state index contributed by atoms with van der Waals surface area (Å²) in [6.07, 6.45) is 2.02. The third kappa shape index (κ3) is 9.24. The number of anilines is 1. The van der Waals surface area contributed by atoms with Gasteiger partial charge in [0.15, 0.2) is 0 Å². The van der Waals surface area contributed by atoms with Crippen molar-refractivity contribution in [1.29, 1.82) is 0 Å². The maximum atomic E-state index is 14.2. The van der Waals surface area contributed by atoms with Gasteiger partial charge in [-0.3, -0.25) is 13.9 Å². The molecule has 9 nitrogen and oxygen atoms in total. The number of carbonyl (C=O) groups excluding carboxylic acids is 2. The molecule has 0 aliphatic carbocycles. The van der Waals surface area contributed by atoms with Gasteiger partial charge < -0.3 is 19.7 Å². The van der Waals surface area contributed by atoms with Crippen molar-refractivity contribution in [3.8, 4) is 11.5 Å². The minimum Gasteiger partial charge on any atom is -0.497 e. The maximum absolute atomic E-state index is 14.2. The molecule has 0 radical (unpaired) electrons. The number of carbonyl (C=O) groups is 2. The number of ether oxygens (including phenoxy) is 2. The fraction of sp³-hybridized carbons (Fsp3) is 0.375. The van der Waals surface area contributed by atoms with Crippen molar-refractivity contribution in [2.24, 2.45) is 0 Å². The van der Waals surface area contributed by atoms with E-state index in [0.29, 0.717) is 30.2 Å². The average molecular weight is 596 g/mol. The van der Waals surface area contributed by atoms with Crippen molar-refractivity contribution >= 4 is 27.5 Å². The molecular formula is C32H41N3O6S. The van der Waals surface area contributed by atoms with E-state index in [-0.39, 0.29) is 24.9 Å². The Balaban J connectivity index is 2.05. The summed E-state index contributed by atoms with van der Waals surface area (Å²) in [5.41, 5.74) is 1.93. The molecule has 0 saturated heterocycles. The number of amides is 2. The zero-order chi connectivity index (χ0) is 30.7. The van der Waals surface area contributed by atoms with E-state index in [9.17, 15) is 18.0 Å². The van der Waals surface area contributed by atoms with Crippen molar-refractivity contribution in [2.45, 2.75) is 52.2 Å². The van der Waals surface area contributed by atoms with E-state index in [1.54, 1.807) is 43.5 Å². The summed E-state index contributed by atoms with van der Waals surface area (Å²) in [4.78, 5) is 29.4. The van der Waals surface area contributed by atoms with Gasteiger partial charge in [0.25, 0.3) is 0 Å². The topological polar surface area (TPSA) is 105 Å². The van der Waals surface area contributed by atoms with Gasteiger partial charge in [0, 0.05) is 19.0 Å². The quantitative estimate of drug-likeness (QED) is 0.279. The molecule has 0 aromatic heterocycles. The lowest BCUT2D eigenvalue weighted by atomic mass is 10.0. The Hall–Kier alpha value is -4.05. The maximum Gasteiger partial charge on any atom is 0.244 e. The Morgan fingerprint density at radius 2 is 1.57 bits per heavy atom. The van der Waals surface area contributed by atoms with Crippen LogP contribution in [-0.2, 0) is 32.6 Å². The minimum absolute atomic E-state index is 0.0718. The molecular weight excluding hydrogens is 554 g/mol. The van der Waals surface area contributed by atoms with E-state index in [2.05, 4.69) is 5.32 Å². The second-order valence-corrected chi connectivity index (χ2v) is 12.0. The second-order valence-electron chi connectivity index (χ2n) is 10.1. The van der Waals surface area contributed by atoms with Crippen molar-refractivity contribution in [3.63, 3.8) is 0 Å². The summed E-state index contributed by atoms with van der Waals surface area (Å²) in [7, 11) is -2.30. The van der Waals surface area contributed by atoms with E-state index in [4.69, 9.17) is 9.47 Å². The fourth-order valence-corrected chi connectivity index (χ4v) is 5.30. The summed E-state index contributed by atoms with van der Waals surface area (Å²) in [6, 6.07) is 22.2. The Bertz CT molecular complexity index is 1410. The number of sulfonamides is 1. The molecule has 3 rings (SSSR count). The van der Waals surface area contributed by atoms with Gasteiger partial charge >= 0.3 is 0 Å². The molecule has 1 N–H and O–H groups in total. The van der Waals surface area contributed by atoms with Gasteiger partial charge in [-0.2, -0.15) is 0 Å². The smallest absolute Gasteiger partial charge is 0.244 e. The van der Waals surface area contributed by atoms with Gasteiger partial charge in [-0.15, -0.1) is 0 Å². The van der Waals surface area contributed by atoms with Crippen LogP contribution in [-0.4, -0.2) is 63.7 Å². The summed E-state index contributed by atoms with van der Waals surface area (Å²) in [5, 5.41) is 3.02. The first kappa shape index (κ1) is 32.5. The lowest BCUT2D eigenvalue weighted by molar-refractivity contribution is -0.140. The molecule has 226 valence electrons. The highest BCUT2D eigenvalue weighted by atomic mass is 32.2. The van der Waals surface area contributed by atoms with Gasteiger partial charge in [-0.05, 0) is 67.8 Å². The monoisotopic (exact) mass is 595 g/mol. The SMILES string of the molecule is CCOc1ccc(N(CC(=O)N(Cc2cccc(OC)c2)[C@H](Cc2ccccc2)C(=O)N[C@@H](C)CC)S(C)(=O)=O)cc1. The van der Waals surface area contributed by atoms with Gasteiger partial charge in [0.1, 0.15) is 24.1 Å². The number of nitrogens with zero attached hydrogens (tertiary/aromatic N) is 2. The standard InChI is InChI=1S/C32H41N3O6S/c1-6-24(3)33-32(37)30(21-25-12-9-8-10-13-25)34(22-26-14-11-15-29(20-26)40-4)31(36)23-35(42(5,38)39)27-16-18-28(19-17-27)41-7-2/h8-20,24,30H,6-7,21-23H2,1-5H3,(H,33,37)/t24-,30+/m0/s1. The Morgan fingerprint density at radius 1 is 0.905 bits per heavy atom. The van der Waals surface area contributed by atoms with Gasteiger partial charge in [-0.1, -0.05) is 49.4 Å². The molecule has 0 spiro atoms. The number of hydrogen-bond acceptors (Lipinski definition) is 6. The van der Waals surface area contributed by atoms with E-state index in [1.165, 1.54) is 4.90 Å². The van der Waals surface area contributed by atoms with Crippen LogP contribution in [0.5, 0.6) is 11.5 Å². The van der Waals surface area contributed by atoms with Crippen LogP contribution in [0.15, 0.2) is 78.9 Å². The van der Waals surface area contributed by atoms with Gasteiger partial charge in [0.05, 0.1) is 25.7 Å². The van der Waals surface area contributed by atoms with Crippen molar-refractivity contribution in [3.05, 3.63) is 90.0 Å². The number of nitrogens with one attached hydrogen (secondary N) is 1. The third-order valence-corrected chi connectivity index (χ3v) is 8.01. The lowest BCUT2D eigenvalue weighted by Crippen LogP contribution is -2.54. The van der Waals surface area contributed by atoms with Crippen molar-refractivity contribution in [1.82, 2.24) is 10.2 Å². The zero-order valence-corrected chi connectivity index (χ0v) is 25.8. The number of rotatable bonds is 15. The molecule has 0 aliphatic heterocycles. The van der Waals surface area contributed by atoms with Crippen LogP contribution in [0.3, 0.4) is 0 Å². The van der Waals surface area contributed by atoms with Crippen LogP contribution >= 0.6 is 0 Å². The minimum atomic E-state index is -3.86. The lowest BCUT2D eigenvalue weighted by Gasteiger charge is -2.34. The highest BCUT2D eigenvalue weighted by molar-refractivity contribution is 7.92. The molecule has 10 heteroatoms. The molecule has 42 heavy (non-hydrogen) atoms. The first-order valence-electron chi connectivity index (χ1n) is 14.0. The van der Waals surface area contributed by atoms with E-state index in [0.717, 1.165) is 21.7 Å². The predicted molar refractivity (Wildman–Crippen MR) is 165 cm³/mol. The summed E-state index contributed by atoms with van der Waals surface area (Å²) < 4.78 is 37.8. The number of hydrogen-bond donors (Lipinski definition) is 1. The number of benzene rings is 3.